The molecule has 2 aromatic rings. The second kappa shape index (κ2) is 4.05. The maximum Gasteiger partial charge on any atom is 0.130 e. The van der Waals surface area contributed by atoms with Gasteiger partial charge in [-0.2, -0.15) is 0 Å². The molecule has 0 spiro atoms. The van der Waals surface area contributed by atoms with Crippen LogP contribution in [0, 0.1) is 0 Å². The van der Waals surface area contributed by atoms with Crippen LogP contribution in [0.5, 0.6) is 17.2 Å². The zero-order valence-electron chi connectivity index (χ0n) is 10.6. The largest absolute Gasteiger partial charge is 0.508 e. The molecule has 2 heteroatoms. The highest BCUT2D eigenvalue weighted by atomic mass is 16.5. The Labute approximate surface area is 107 Å². The van der Waals surface area contributed by atoms with Crippen molar-refractivity contribution in [1.29, 1.82) is 0 Å². The molecule has 18 heavy (non-hydrogen) atoms. The molecule has 2 bridgehead atoms. The lowest BCUT2D eigenvalue weighted by Gasteiger charge is -2.20. The van der Waals surface area contributed by atoms with E-state index < -0.39 is 0 Å². The van der Waals surface area contributed by atoms with E-state index in [1.807, 2.05) is 12.1 Å². The van der Waals surface area contributed by atoms with E-state index in [4.69, 9.17) is 4.74 Å². The molecule has 0 unspecified atom stereocenters. The van der Waals surface area contributed by atoms with Gasteiger partial charge in [-0.1, -0.05) is 26.0 Å². The van der Waals surface area contributed by atoms with Gasteiger partial charge in [-0.3, -0.25) is 0 Å². The van der Waals surface area contributed by atoms with E-state index in [9.17, 15) is 5.11 Å². The van der Waals surface area contributed by atoms with Crippen molar-refractivity contribution in [1.82, 2.24) is 0 Å². The van der Waals surface area contributed by atoms with E-state index in [-0.39, 0.29) is 5.92 Å². The van der Waals surface area contributed by atoms with Crippen LogP contribution in [0.1, 0.15) is 36.5 Å². The zero-order chi connectivity index (χ0) is 12.7. The molecule has 0 fully saturated rings. The molecule has 0 amide bonds. The number of ether oxygens (including phenoxy) is 1. The molecule has 2 aliphatic carbocycles. The quantitative estimate of drug-likeness (QED) is 0.743. The fraction of sp³-hybridized carbons (Fsp3) is 0.250. The average Bonchev–Trinajstić information content (AvgIpc) is 2.30. The summed E-state index contributed by atoms with van der Waals surface area (Å²) in [4.78, 5) is 0. The van der Waals surface area contributed by atoms with Crippen LogP contribution in [0.3, 0.4) is 0 Å². The summed E-state index contributed by atoms with van der Waals surface area (Å²) >= 11 is 0. The number of phenolic OH excluding ortho intramolecular Hbond substituents is 1. The first-order valence-electron chi connectivity index (χ1n) is 6.26. The van der Waals surface area contributed by atoms with E-state index in [1.165, 1.54) is 11.1 Å². The van der Waals surface area contributed by atoms with Crippen molar-refractivity contribution < 1.29 is 9.84 Å². The van der Waals surface area contributed by atoms with Gasteiger partial charge in [-0.15, -0.1) is 0 Å². The van der Waals surface area contributed by atoms with E-state index in [1.54, 1.807) is 12.1 Å². The van der Waals surface area contributed by atoms with Crippen LogP contribution in [0.4, 0.5) is 0 Å². The summed E-state index contributed by atoms with van der Waals surface area (Å²) in [6, 6.07) is 11.7. The summed E-state index contributed by atoms with van der Waals surface area (Å²) < 4.78 is 5.89. The van der Waals surface area contributed by atoms with Crippen molar-refractivity contribution in [3.63, 3.8) is 0 Å². The lowest BCUT2D eigenvalue weighted by molar-refractivity contribution is 0.452. The molecular formula is C16H16O2. The number of hydrogen-bond donors (Lipinski definition) is 1. The summed E-state index contributed by atoms with van der Waals surface area (Å²) in [7, 11) is 0. The molecule has 2 nitrogen and oxygen atoms in total. The van der Waals surface area contributed by atoms with Gasteiger partial charge in [0.25, 0.3) is 0 Å². The van der Waals surface area contributed by atoms with Crippen molar-refractivity contribution in [2.24, 2.45) is 0 Å². The minimum absolute atomic E-state index is 0.281. The highest BCUT2D eigenvalue weighted by Gasteiger charge is 2.15. The second-order valence-corrected chi connectivity index (χ2v) is 5.10. The van der Waals surface area contributed by atoms with Gasteiger partial charge in [0.05, 0.1) is 0 Å². The summed E-state index contributed by atoms with van der Waals surface area (Å²) in [5, 5.41) is 9.78. The van der Waals surface area contributed by atoms with Crippen LogP contribution in [0.25, 0.3) is 0 Å². The van der Waals surface area contributed by atoms with Gasteiger partial charge in [0.15, 0.2) is 0 Å². The first-order chi connectivity index (χ1) is 8.63. The van der Waals surface area contributed by atoms with Gasteiger partial charge >= 0.3 is 0 Å². The minimum atomic E-state index is 0.281. The molecule has 92 valence electrons. The molecule has 0 saturated carbocycles. The Morgan fingerprint density at radius 3 is 2.50 bits per heavy atom. The van der Waals surface area contributed by atoms with Crippen LogP contribution < -0.4 is 4.74 Å². The van der Waals surface area contributed by atoms with Gasteiger partial charge < -0.3 is 9.84 Å². The van der Waals surface area contributed by atoms with E-state index in [0.717, 1.165) is 23.5 Å². The van der Waals surface area contributed by atoms with Crippen molar-refractivity contribution in [2.45, 2.75) is 26.2 Å². The number of fused-ring (bicyclic) bond motifs is 2. The Bertz CT molecular complexity index is 596. The Balaban J connectivity index is 1.90. The number of phenols is 1. The predicted octanol–water partition coefficient (Wildman–Crippen LogP) is 4.21. The Kier molecular flexibility index (Phi) is 2.51. The molecule has 0 aliphatic heterocycles. The molecule has 1 N–H and O–H groups in total. The standard InChI is InChI=1S/C16H16O2/c1-10(2)14-9-13(4-5-15(14)17)18-16-6-3-11-7-12(16)8-11/h3-7,9-10,17H,8H2,1-2H3. The summed E-state index contributed by atoms with van der Waals surface area (Å²) in [6.45, 7) is 4.12. The van der Waals surface area contributed by atoms with Gasteiger partial charge in [0.2, 0.25) is 0 Å². The number of hydrogen-bond acceptors (Lipinski definition) is 2. The summed E-state index contributed by atoms with van der Waals surface area (Å²) in [5.41, 5.74) is 3.54. The molecule has 0 saturated heterocycles. The maximum atomic E-state index is 9.78. The van der Waals surface area contributed by atoms with Crippen molar-refractivity contribution in [3.8, 4) is 17.2 Å². The fourth-order valence-corrected chi connectivity index (χ4v) is 2.25. The summed E-state index contributed by atoms with van der Waals surface area (Å²) in [6.07, 6.45) is 1.01. The zero-order valence-corrected chi connectivity index (χ0v) is 10.6. The molecule has 2 aromatic carbocycles. The predicted molar refractivity (Wildman–Crippen MR) is 71.5 cm³/mol. The van der Waals surface area contributed by atoms with Crippen molar-refractivity contribution >= 4 is 0 Å². The first kappa shape index (κ1) is 11.1. The highest BCUT2D eigenvalue weighted by Crippen LogP contribution is 2.36. The first-order valence-corrected chi connectivity index (χ1v) is 6.26. The minimum Gasteiger partial charge on any atom is -0.508 e. The van der Waals surface area contributed by atoms with Crippen molar-refractivity contribution in [3.05, 3.63) is 53.1 Å². The van der Waals surface area contributed by atoms with Crippen LogP contribution in [-0.2, 0) is 6.42 Å². The topological polar surface area (TPSA) is 29.5 Å². The lowest BCUT2D eigenvalue weighted by atomic mass is 9.92. The molecule has 0 heterocycles. The third-order valence-corrected chi connectivity index (χ3v) is 3.37. The van der Waals surface area contributed by atoms with Crippen LogP contribution in [0.2, 0.25) is 0 Å². The molecule has 0 atom stereocenters. The Morgan fingerprint density at radius 1 is 1.11 bits per heavy atom. The Hall–Kier alpha value is -1.96. The van der Waals surface area contributed by atoms with Crippen LogP contribution >= 0.6 is 0 Å². The van der Waals surface area contributed by atoms with E-state index >= 15 is 0 Å². The molecule has 4 rings (SSSR count). The second-order valence-electron chi connectivity index (χ2n) is 5.10. The molecular weight excluding hydrogens is 224 g/mol. The maximum absolute atomic E-state index is 9.78. The van der Waals surface area contributed by atoms with Gasteiger partial charge in [-0.25, -0.2) is 0 Å². The van der Waals surface area contributed by atoms with Crippen LogP contribution in [0.15, 0.2) is 36.4 Å². The number of rotatable bonds is 3. The number of benzene rings is 2. The van der Waals surface area contributed by atoms with Crippen molar-refractivity contribution in [2.75, 3.05) is 0 Å². The van der Waals surface area contributed by atoms with E-state index in [2.05, 4.69) is 26.0 Å². The van der Waals surface area contributed by atoms with E-state index in [0.29, 0.717) is 5.75 Å². The lowest BCUT2D eigenvalue weighted by Crippen LogP contribution is -2.03. The summed E-state index contributed by atoms with van der Waals surface area (Å²) in [5.74, 6) is 2.32. The SMILES string of the molecule is CC(C)c1cc(Oc2ccc3cc2C3)ccc1O. The fourth-order valence-electron chi connectivity index (χ4n) is 2.25. The third kappa shape index (κ3) is 1.84. The van der Waals surface area contributed by atoms with Gasteiger partial charge in [0.1, 0.15) is 17.2 Å². The Morgan fingerprint density at radius 2 is 1.89 bits per heavy atom. The monoisotopic (exact) mass is 240 g/mol. The van der Waals surface area contributed by atoms with Gasteiger partial charge in [0, 0.05) is 12.0 Å². The molecule has 2 aliphatic rings. The van der Waals surface area contributed by atoms with Gasteiger partial charge in [-0.05, 0) is 41.3 Å². The highest BCUT2D eigenvalue weighted by molar-refractivity contribution is 5.50. The smallest absolute Gasteiger partial charge is 0.130 e. The number of aromatic hydroxyl groups is 1. The third-order valence-electron chi connectivity index (χ3n) is 3.37. The molecule has 0 radical (unpaired) electrons. The normalized spacial score (nSPS) is 12.4. The van der Waals surface area contributed by atoms with Crippen LogP contribution in [-0.4, -0.2) is 5.11 Å². The average molecular weight is 240 g/mol. The molecule has 0 aromatic heterocycles.